The first-order valence-corrected chi connectivity index (χ1v) is 5.82. The molecule has 0 radical (unpaired) electrons. The summed E-state index contributed by atoms with van der Waals surface area (Å²) in [4.78, 5) is 23.0. The number of halogens is 1. The van der Waals surface area contributed by atoms with Crippen molar-refractivity contribution in [2.45, 2.75) is 13.3 Å². The molecule has 1 aromatic carbocycles. The zero-order chi connectivity index (χ0) is 14.2. The highest BCUT2D eigenvalue weighted by Crippen LogP contribution is 2.35. The van der Waals surface area contributed by atoms with Crippen LogP contribution < -0.4 is 4.90 Å². The predicted molar refractivity (Wildman–Crippen MR) is 65.7 cm³/mol. The van der Waals surface area contributed by atoms with Crippen LogP contribution in [0.3, 0.4) is 0 Å². The number of carboxylic acid groups (broad SMARTS) is 1. The molecular weight excluding hydrogens is 255 g/mol. The molecule has 1 heterocycles. The van der Waals surface area contributed by atoms with E-state index in [2.05, 4.69) is 0 Å². The second-order valence-corrected chi connectivity index (χ2v) is 4.62. The van der Waals surface area contributed by atoms with Gasteiger partial charge < -0.3 is 10.0 Å². The van der Waals surface area contributed by atoms with Gasteiger partial charge in [-0.3, -0.25) is 14.9 Å². The van der Waals surface area contributed by atoms with E-state index >= 15 is 0 Å². The molecule has 1 aromatic rings. The Morgan fingerprint density at radius 3 is 2.79 bits per heavy atom. The summed E-state index contributed by atoms with van der Waals surface area (Å²) in [5, 5.41) is 20.0. The zero-order valence-corrected chi connectivity index (χ0v) is 10.3. The van der Waals surface area contributed by atoms with E-state index in [0.29, 0.717) is 13.0 Å². The molecule has 19 heavy (non-hydrogen) atoms. The van der Waals surface area contributed by atoms with E-state index in [1.165, 1.54) is 6.92 Å². The van der Waals surface area contributed by atoms with Gasteiger partial charge in [0.05, 0.1) is 10.8 Å². The molecule has 0 aromatic heterocycles. The van der Waals surface area contributed by atoms with Crippen molar-refractivity contribution >= 4 is 17.3 Å². The van der Waals surface area contributed by atoms with Crippen molar-refractivity contribution < 1.29 is 19.2 Å². The first kappa shape index (κ1) is 13.3. The summed E-state index contributed by atoms with van der Waals surface area (Å²) in [7, 11) is 0. The molecule has 7 heteroatoms. The largest absolute Gasteiger partial charge is 0.481 e. The summed E-state index contributed by atoms with van der Waals surface area (Å²) in [6.45, 7) is 2.01. The second kappa shape index (κ2) is 4.83. The van der Waals surface area contributed by atoms with Crippen LogP contribution in [0.5, 0.6) is 0 Å². The van der Waals surface area contributed by atoms with Gasteiger partial charge in [-0.05, 0) is 19.4 Å². The molecule has 1 N–H and O–H groups in total. The van der Waals surface area contributed by atoms with Crippen LogP contribution in [0.15, 0.2) is 12.1 Å². The predicted octanol–water partition coefficient (Wildman–Crippen LogP) is 1.95. The van der Waals surface area contributed by atoms with E-state index in [1.54, 1.807) is 4.90 Å². The van der Waals surface area contributed by atoms with E-state index < -0.39 is 22.6 Å². The van der Waals surface area contributed by atoms with Gasteiger partial charge in [0, 0.05) is 24.7 Å². The summed E-state index contributed by atoms with van der Waals surface area (Å²) in [5.41, 5.74) is 0.234. The van der Waals surface area contributed by atoms with Crippen molar-refractivity contribution in [2.75, 3.05) is 18.0 Å². The fourth-order valence-electron chi connectivity index (χ4n) is 2.38. The summed E-state index contributed by atoms with van der Waals surface area (Å²) in [6.07, 6.45) is 0.405. The number of benzene rings is 1. The number of hydrogen-bond acceptors (Lipinski definition) is 4. The average molecular weight is 268 g/mol. The first-order chi connectivity index (χ1) is 8.90. The molecule has 0 aliphatic carbocycles. The average Bonchev–Trinajstić information content (AvgIpc) is 2.76. The molecule has 1 fully saturated rings. The van der Waals surface area contributed by atoms with E-state index in [-0.39, 0.29) is 23.5 Å². The van der Waals surface area contributed by atoms with Gasteiger partial charge in [-0.25, -0.2) is 4.39 Å². The molecule has 102 valence electrons. The van der Waals surface area contributed by atoms with Gasteiger partial charge in [0.15, 0.2) is 0 Å². The van der Waals surface area contributed by atoms with Crippen LogP contribution in [0, 0.1) is 28.8 Å². The van der Waals surface area contributed by atoms with Gasteiger partial charge in [-0.1, -0.05) is 0 Å². The number of carbonyl (C=O) groups is 1. The molecule has 1 atom stereocenters. The number of anilines is 1. The molecule has 2 rings (SSSR count). The zero-order valence-electron chi connectivity index (χ0n) is 10.3. The molecular formula is C12H13FN2O4. The van der Waals surface area contributed by atoms with Crippen molar-refractivity contribution in [3.8, 4) is 0 Å². The normalized spacial score (nSPS) is 18.6. The molecule has 0 bridgehead atoms. The minimum absolute atomic E-state index is 0.159. The maximum atomic E-state index is 13.4. The third kappa shape index (κ3) is 2.49. The van der Waals surface area contributed by atoms with Gasteiger partial charge >= 0.3 is 5.97 Å². The molecule has 1 aliphatic heterocycles. The molecule has 1 saturated heterocycles. The number of hydrogen-bond donors (Lipinski definition) is 1. The minimum Gasteiger partial charge on any atom is -0.481 e. The fourth-order valence-corrected chi connectivity index (χ4v) is 2.38. The SMILES string of the molecule is Cc1cc(F)cc(N2CCC(C(=O)O)C2)c1[N+](=O)[O-]. The highest BCUT2D eigenvalue weighted by atomic mass is 19.1. The fraction of sp³-hybridized carbons (Fsp3) is 0.417. The lowest BCUT2D eigenvalue weighted by atomic mass is 10.1. The van der Waals surface area contributed by atoms with E-state index in [0.717, 1.165) is 12.1 Å². The Morgan fingerprint density at radius 1 is 1.58 bits per heavy atom. The lowest BCUT2D eigenvalue weighted by molar-refractivity contribution is -0.384. The van der Waals surface area contributed by atoms with Crippen LogP contribution in [0.2, 0.25) is 0 Å². The van der Waals surface area contributed by atoms with Gasteiger partial charge in [0.2, 0.25) is 0 Å². The Morgan fingerprint density at radius 2 is 2.26 bits per heavy atom. The number of aliphatic carboxylic acids is 1. The van der Waals surface area contributed by atoms with Gasteiger partial charge in [-0.2, -0.15) is 0 Å². The molecule has 0 amide bonds. The molecule has 1 unspecified atom stereocenters. The number of carboxylic acids is 1. The monoisotopic (exact) mass is 268 g/mol. The van der Waals surface area contributed by atoms with Crippen LogP contribution >= 0.6 is 0 Å². The maximum Gasteiger partial charge on any atom is 0.308 e. The number of nitrogens with zero attached hydrogens (tertiary/aromatic N) is 2. The Labute approximate surface area is 108 Å². The van der Waals surface area contributed by atoms with Gasteiger partial charge in [0.1, 0.15) is 11.5 Å². The van der Waals surface area contributed by atoms with E-state index in [1.807, 2.05) is 0 Å². The Hall–Kier alpha value is -2.18. The lowest BCUT2D eigenvalue weighted by Crippen LogP contribution is -2.23. The number of nitro groups is 1. The third-order valence-corrected chi connectivity index (χ3v) is 3.31. The topological polar surface area (TPSA) is 83.7 Å². The Balaban J connectivity index is 2.40. The van der Waals surface area contributed by atoms with Crippen molar-refractivity contribution in [3.63, 3.8) is 0 Å². The summed E-state index contributed by atoms with van der Waals surface area (Å²) in [5.74, 6) is -2.06. The quantitative estimate of drug-likeness (QED) is 0.669. The van der Waals surface area contributed by atoms with Gasteiger partial charge in [-0.15, -0.1) is 0 Å². The van der Waals surface area contributed by atoms with Crippen LogP contribution in [0.1, 0.15) is 12.0 Å². The van der Waals surface area contributed by atoms with E-state index in [9.17, 15) is 19.3 Å². The van der Waals surface area contributed by atoms with Crippen molar-refractivity contribution in [3.05, 3.63) is 33.6 Å². The van der Waals surface area contributed by atoms with Crippen LogP contribution in [0.25, 0.3) is 0 Å². The lowest BCUT2D eigenvalue weighted by Gasteiger charge is -2.18. The number of aryl methyl sites for hydroxylation is 1. The Bertz CT molecular complexity index is 547. The summed E-state index contributed by atoms with van der Waals surface area (Å²) in [6, 6.07) is 2.20. The molecule has 0 spiro atoms. The van der Waals surface area contributed by atoms with Crippen molar-refractivity contribution in [1.82, 2.24) is 0 Å². The Kier molecular flexibility index (Phi) is 3.37. The highest BCUT2D eigenvalue weighted by Gasteiger charge is 2.32. The second-order valence-electron chi connectivity index (χ2n) is 4.62. The molecule has 1 aliphatic rings. The maximum absolute atomic E-state index is 13.4. The van der Waals surface area contributed by atoms with Crippen LogP contribution in [-0.4, -0.2) is 29.1 Å². The van der Waals surface area contributed by atoms with Crippen molar-refractivity contribution in [1.29, 1.82) is 0 Å². The number of rotatable bonds is 3. The first-order valence-electron chi connectivity index (χ1n) is 5.82. The van der Waals surface area contributed by atoms with E-state index in [4.69, 9.17) is 5.11 Å². The summed E-state index contributed by atoms with van der Waals surface area (Å²) >= 11 is 0. The van der Waals surface area contributed by atoms with Gasteiger partial charge in [0.25, 0.3) is 5.69 Å². The van der Waals surface area contributed by atoms with Crippen molar-refractivity contribution in [2.24, 2.45) is 5.92 Å². The number of nitro benzene ring substituents is 1. The van der Waals surface area contributed by atoms with Crippen LogP contribution in [-0.2, 0) is 4.79 Å². The molecule has 0 saturated carbocycles. The van der Waals surface area contributed by atoms with Crippen LogP contribution in [0.4, 0.5) is 15.8 Å². The molecule has 6 nitrogen and oxygen atoms in total. The summed E-state index contributed by atoms with van der Waals surface area (Å²) < 4.78 is 13.4. The standard InChI is InChI=1S/C12H13FN2O4/c1-7-4-9(13)5-10(11(7)15(18)19)14-3-2-8(6-14)12(16)17/h4-5,8H,2-3,6H2,1H3,(H,16,17). The third-order valence-electron chi connectivity index (χ3n) is 3.31. The minimum atomic E-state index is -0.932. The smallest absolute Gasteiger partial charge is 0.308 e. The highest BCUT2D eigenvalue weighted by molar-refractivity contribution is 5.74.